The Labute approximate surface area is 164 Å². The molecule has 152 valence electrons. The van der Waals surface area contributed by atoms with Crippen LogP contribution in [0.3, 0.4) is 0 Å². The summed E-state index contributed by atoms with van der Waals surface area (Å²) in [6.45, 7) is -1.36. The summed E-state index contributed by atoms with van der Waals surface area (Å²) < 4.78 is 35.0. The van der Waals surface area contributed by atoms with Crippen LogP contribution in [0.25, 0.3) is 5.65 Å². The van der Waals surface area contributed by atoms with Crippen LogP contribution in [0.1, 0.15) is 21.6 Å². The number of aryl methyl sites for hydroxylation is 1. The van der Waals surface area contributed by atoms with Gasteiger partial charge in [-0.15, -0.1) is 0 Å². The summed E-state index contributed by atoms with van der Waals surface area (Å²) in [5, 5.41) is 6.80. The topological polar surface area (TPSA) is 94.8 Å². The van der Waals surface area contributed by atoms with Crippen LogP contribution in [0.5, 0.6) is 5.75 Å². The monoisotopic (exact) mass is 404 g/mol. The number of amides is 1. The van der Waals surface area contributed by atoms with E-state index in [1.165, 1.54) is 22.8 Å². The number of rotatable bonds is 8. The fourth-order valence-electron chi connectivity index (χ4n) is 2.67. The maximum Gasteiger partial charge on any atom is 0.387 e. The summed E-state index contributed by atoms with van der Waals surface area (Å²) in [4.78, 5) is 28.3. The van der Waals surface area contributed by atoms with Crippen molar-refractivity contribution >= 4 is 17.5 Å². The van der Waals surface area contributed by atoms with E-state index in [-0.39, 0.29) is 11.3 Å². The van der Waals surface area contributed by atoms with Gasteiger partial charge in [-0.1, -0.05) is 12.1 Å². The van der Waals surface area contributed by atoms with Gasteiger partial charge in [0.25, 0.3) is 5.91 Å². The average molecular weight is 404 g/mol. The first kappa shape index (κ1) is 20.2. The second-order valence-electron chi connectivity index (χ2n) is 6.05. The lowest BCUT2D eigenvalue weighted by molar-refractivity contribution is -0.124. The molecular weight excluding hydrogens is 386 g/mol. The largest absolute Gasteiger partial charge is 0.452 e. The number of esters is 1. The van der Waals surface area contributed by atoms with Gasteiger partial charge < -0.3 is 14.8 Å². The molecule has 1 N–H and O–H groups in total. The number of carbonyl (C=O) groups is 2. The van der Waals surface area contributed by atoms with Gasteiger partial charge in [-0.3, -0.25) is 4.79 Å². The van der Waals surface area contributed by atoms with E-state index in [1.54, 1.807) is 31.3 Å². The quantitative estimate of drug-likeness (QED) is 0.578. The smallest absolute Gasteiger partial charge is 0.387 e. The van der Waals surface area contributed by atoms with E-state index in [2.05, 4.69) is 20.1 Å². The highest BCUT2D eigenvalue weighted by molar-refractivity contribution is 5.98. The summed E-state index contributed by atoms with van der Waals surface area (Å²) in [6.07, 6.45) is 3.67. The van der Waals surface area contributed by atoms with Crippen LogP contribution >= 0.6 is 0 Å². The Hall–Kier alpha value is -3.56. The second-order valence-corrected chi connectivity index (χ2v) is 6.05. The number of aromatic nitrogens is 3. The van der Waals surface area contributed by atoms with E-state index in [4.69, 9.17) is 4.74 Å². The molecule has 0 saturated heterocycles. The van der Waals surface area contributed by atoms with Crippen molar-refractivity contribution in [3.8, 4) is 5.75 Å². The zero-order valence-electron chi connectivity index (χ0n) is 15.5. The number of carbonyl (C=O) groups excluding carboxylic acids is 2. The highest BCUT2D eigenvalue weighted by Crippen LogP contribution is 2.15. The number of halogens is 2. The zero-order chi connectivity index (χ0) is 20.8. The number of benzene rings is 1. The van der Waals surface area contributed by atoms with Gasteiger partial charge in [-0.25, -0.2) is 14.3 Å². The molecule has 0 fully saturated rings. The Kier molecular flexibility index (Phi) is 6.32. The second kappa shape index (κ2) is 9.09. The maximum absolute atomic E-state index is 12.3. The lowest BCUT2D eigenvalue weighted by atomic mass is 10.1. The maximum atomic E-state index is 12.3. The lowest BCUT2D eigenvalue weighted by Crippen LogP contribution is -2.30. The third kappa shape index (κ3) is 5.24. The van der Waals surface area contributed by atoms with Crippen molar-refractivity contribution in [2.45, 2.75) is 20.0 Å². The van der Waals surface area contributed by atoms with Gasteiger partial charge in [0.15, 0.2) is 12.3 Å². The van der Waals surface area contributed by atoms with Crippen LogP contribution < -0.4 is 10.1 Å². The molecule has 0 bridgehead atoms. The molecule has 1 amide bonds. The van der Waals surface area contributed by atoms with Crippen molar-refractivity contribution in [2.75, 3.05) is 13.2 Å². The third-order valence-corrected chi connectivity index (χ3v) is 3.99. The molecule has 8 nitrogen and oxygen atoms in total. The summed E-state index contributed by atoms with van der Waals surface area (Å²) in [7, 11) is 0. The molecule has 2 aromatic heterocycles. The molecule has 3 aromatic rings. The minimum Gasteiger partial charge on any atom is -0.452 e. The molecule has 29 heavy (non-hydrogen) atoms. The summed E-state index contributed by atoms with van der Waals surface area (Å²) in [6, 6.07) is 7.80. The molecule has 0 aliphatic rings. The van der Waals surface area contributed by atoms with Gasteiger partial charge in [-0.05, 0) is 37.1 Å². The fourth-order valence-corrected chi connectivity index (χ4v) is 2.67. The van der Waals surface area contributed by atoms with Gasteiger partial charge in [0.1, 0.15) is 11.3 Å². The highest BCUT2D eigenvalue weighted by Gasteiger charge is 2.20. The van der Waals surface area contributed by atoms with E-state index in [0.29, 0.717) is 24.3 Å². The Balaban J connectivity index is 1.45. The van der Waals surface area contributed by atoms with Crippen LogP contribution in [0.15, 0.2) is 42.7 Å². The van der Waals surface area contributed by atoms with Gasteiger partial charge in [0.2, 0.25) is 0 Å². The SMILES string of the molecule is Cc1nn2cccnc2c1C(=O)OCC(=O)NCCc1ccc(OC(F)F)cc1. The van der Waals surface area contributed by atoms with E-state index >= 15 is 0 Å². The number of nitrogens with zero attached hydrogens (tertiary/aromatic N) is 3. The average Bonchev–Trinajstić information content (AvgIpc) is 3.03. The Morgan fingerprint density at radius 3 is 2.72 bits per heavy atom. The summed E-state index contributed by atoms with van der Waals surface area (Å²) >= 11 is 0. The molecule has 0 radical (unpaired) electrons. The van der Waals surface area contributed by atoms with Crippen molar-refractivity contribution in [1.29, 1.82) is 0 Å². The Morgan fingerprint density at radius 2 is 2.00 bits per heavy atom. The zero-order valence-corrected chi connectivity index (χ0v) is 15.5. The van der Waals surface area contributed by atoms with Crippen LogP contribution in [-0.4, -0.2) is 46.2 Å². The molecule has 0 saturated carbocycles. The Bertz CT molecular complexity index is 1010. The molecule has 3 rings (SSSR count). The number of ether oxygens (including phenoxy) is 2. The predicted octanol–water partition coefficient (Wildman–Crippen LogP) is 2.15. The van der Waals surface area contributed by atoms with Gasteiger partial charge in [0, 0.05) is 18.9 Å². The first-order valence-electron chi connectivity index (χ1n) is 8.71. The molecule has 2 heterocycles. The number of hydrogen-bond donors (Lipinski definition) is 1. The first-order chi connectivity index (χ1) is 13.9. The summed E-state index contributed by atoms with van der Waals surface area (Å²) in [5.41, 5.74) is 1.85. The molecule has 1 aromatic carbocycles. The van der Waals surface area contributed by atoms with Crippen LogP contribution in [0.2, 0.25) is 0 Å². The summed E-state index contributed by atoms with van der Waals surface area (Å²) in [5.74, 6) is -1.07. The fraction of sp³-hybridized carbons (Fsp3) is 0.263. The standard InChI is InChI=1S/C19H18F2N4O4/c1-12-16(17-23-8-2-10-25(17)24-12)18(27)28-11-15(26)22-9-7-13-3-5-14(6-4-13)29-19(20)21/h2-6,8,10,19H,7,9,11H2,1H3,(H,22,26). The van der Waals surface area contributed by atoms with Crippen LogP contribution in [0, 0.1) is 6.92 Å². The number of alkyl halides is 2. The molecule has 0 atom stereocenters. The number of hydrogen-bond acceptors (Lipinski definition) is 6. The van der Waals surface area contributed by atoms with Crippen molar-refractivity contribution in [2.24, 2.45) is 0 Å². The van der Waals surface area contributed by atoms with E-state index < -0.39 is 25.1 Å². The van der Waals surface area contributed by atoms with E-state index in [0.717, 1.165) is 5.56 Å². The number of fused-ring (bicyclic) bond motifs is 1. The van der Waals surface area contributed by atoms with Crippen LogP contribution in [0.4, 0.5) is 8.78 Å². The molecule has 0 aliphatic carbocycles. The Morgan fingerprint density at radius 1 is 1.24 bits per heavy atom. The number of nitrogens with one attached hydrogen (secondary N) is 1. The van der Waals surface area contributed by atoms with Crippen LogP contribution in [-0.2, 0) is 16.0 Å². The molecule has 10 heteroatoms. The van der Waals surface area contributed by atoms with Gasteiger partial charge in [0.05, 0.1) is 5.69 Å². The minimum absolute atomic E-state index is 0.0668. The predicted molar refractivity (Wildman–Crippen MR) is 97.8 cm³/mol. The lowest BCUT2D eigenvalue weighted by Gasteiger charge is -2.08. The van der Waals surface area contributed by atoms with Crippen molar-refractivity contribution < 1.29 is 27.8 Å². The van der Waals surface area contributed by atoms with Crippen molar-refractivity contribution in [3.05, 3.63) is 59.5 Å². The van der Waals surface area contributed by atoms with E-state index in [1.807, 2.05) is 0 Å². The molecule has 0 aliphatic heterocycles. The molecule has 0 spiro atoms. The third-order valence-electron chi connectivity index (χ3n) is 3.99. The minimum atomic E-state index is -2.87. The van der Waals surface area contributed by atoms with Gasteiger partial charge in [-0.2, -0.15) is 13.9 Å². The van der Waals surface area contributed by atoms with Crippen molar-refractivity contribution in [3.63, 3.8) is 0 Å². The highest BCUT2D eigenvalue weighted by atomic mass is 19.3. The van der Waals surface area contributed by atoms with Crippen molar-refractivity contribution in [1.82, 2.24) is 19.9 Å². The molecular formula is C19H18F2N4O4. The first-order valence-corrected chi connectivity index (χ1v) is 8.71. The molecule has 0 unspecified atom stereocenters. The normalized spacial score (nSPS) is 10.9. The van der Waals surface area contributed by atoms with E-state index in [9.17, 15) is 18.4 Å². The van der Waals surface area contributed by atoms with Gasteiger partial charge >= 0.3 is 12.6 Å².